The molecule has 0 unspecified atom stereocenters. The fourth-order valence-corrected chi connectivity index (χ4v) is 2.46. The van der Waals surface area contributed by atoms with Crippen LogP contribution in [0, 0.1) is 5.82 Å². The number of unbranched alkanes of at least 4 members (excludes halogenated alkanes) is 1. The van der Waals surface area contributed by atoms with Crippen LogP contribution in [0.25, 0.3) is 0 Å². The van der Waals surface area contributed by atoms with Gasteiger partial charge < -0.3 is 5.73 Å². The lowest BCUT2D eigenvalue weighted by atomic mass is 10.1. The van der Waals surface area contributed by atoms with Crippen LogP contribution in [0.5, 0.6) is 0 Å². The zero-order valence-electron chi connectivity index (χ0n) is 19.5. The molecule has 0 aliphatic carbocycles. The number of hydrazone groups is 2. The van der Waals surface area contributed by atoms with Gasteiger partial charge in [0.15, 0.2) is 0 Å². The Kier molecular flexibility index (Phi) is 11.2. The fraction of sp³-hybridized carbons (Fsp3) is 0.292. The molecule has 0 bridgehead atoms. The van der Waals surface area contributed by atoms with Crippen LogP contribution in [0.4, 0.5) is 14.9 Å². The lowest BCUT2D eigenvalue weighted by molar-refractivity contribution is 0.251. The topological polar surface area (TPSA) is 86.3 Å². The number of hydrogen-bond acceptors (Lipinski definition) is 5. The number of primary amides is 1. The smallest absolute Gasteiger partial charge is 0.317 e. The summed E-state index contributed by atoms with van der Waals surface area (Å²) in [4.78, 5) is 11.6. The van der Waals surface area contributed by atoms with Gasteiger partial charge in [-0.2, -0.15) is 10.2 Å². The standard InChI is InChI=1S/C24H33FN6O/c1-7-9-10-20(15-19(5)16-27-30(6)8-2)17-28-31(22-13-11-21(25)12-14-22)23(18(3)4)29-24(26)32/h8,10-17H,2,7,9H2,1,3-6H3,(H3,26,29,32)/b19-15+,20-10+,27-16-,28-17+. The first-order valence-electron chi connectivity index (χ1n) is 10.3. The Bertz CT molecular complexity index is 924. The summed E-state index contributed by atoms with van der Waals surface area (Å²) >= 11 is 0. The zero-order valence-corrected chi connectivity index (χ0v) is 19.5. The summed E-state index contributed by atoms with van der Waals surface area (Å²) in [6, 6.07) is 5.09. The SMILES string of the molecule is C=CN(C)\N=C/C(C)=C/C(/C=N/N(C(NC(N)=O)=C(C)C)c1ccc(F)cc1)=C\CCC. The number of allylic oxidation sites excluding steroid dienone is 5. The number of halogens is 1. The molecule has 0 fully saturated rings. The molecule has 1 aromatic rings. The molecule has 1 rings (SSSR count). The lowest BCUT2D eigenvalue weighted by Crippen LogP contribution is -2.36. The Morgan fingerprint density at radius 2 is 1.84 bits per heavy atom. The molecule has 172 valence electrons. The van der Waals surface area contributed by atoms with Gasteiger partial charge in [0.1, 0.15) is 11.6 Å². The molecule has 8 heteroatoms. The Morgan fingerprint density at radius 1 is 1.19 bits per heavy atom. The molecule has 0 heterocycles. The van der Waals surface area contributed by atoms with Crippen molar-refractivity contribution in [2.24, 2.45) is 15.9 Å². The lowest BCUT2D eigenvalue weighted by Gasteiger charge is -2.23. The molecule has 7 nitrogen and oxygen atoms in total. The summed E-state index contributed by atoms with van der Waals surface area (Å²) in [5.41, 5.74) is 8.47. The minimum atomic E-state index is -0.719. The molecule has 32 heavy (non-hydrogen) atoms. The summed E-state index contributed by atoms with van der Waals surface area (Å²) in [5.74, 6) is 0.0234. The maximum atomic E-state index is 13.5. The Hall–Kier alpha value is -3.68. The number of benzene rings is 1. The van der Waals surface area contributed by atoms with Gasteiger partial charge in [0.2, 0.25) is 0 Å². The van der Waals surface area contributed by atoms with Gasteiger partial charge in [-0.3, -0.25) is 10.3 Å². The van der Waals surface area contributed by atoms with Crippen LogP contribution in [0.2, 0.25) is 0 Å². The summed E-state index contributed by atoms with van der Waals surface area (Å²) in [6.45, 7) is 11.3. The van der Waals surface area contributed by atoms with Crippen molar-refractivity contribution in [3.8, 4) is 0 Å². The van der Waals surface area contributed by atoms with Gasteiger partial charge in [0, 0.05) is 13.2 Å². The van der Waals surface area contributed by atoms with Crippen LogP contribution in [-0.2, 0) is 0 Å². The van der Waals surface area contributed by atoms with Crippen LogP contribution in [0.15, 0.2) is 81.9 Å². The van der Waals surface area contributed by atoms with Crippen molar-refractivity contribution in [3.05, 3.63) is 77.6 Å². The number of carbonyl (C=O) groups is 1. The second kappa shape index (κ2) is 13.6. The third kappa shape index (κ3) is 9.42. The average molecular weight is 441 g/mol. The minimum absolute atomic E-state index is 0.370. The van der Waals surface area contributed by atoms with E-state index >= 15 is 0 Å². The number of urea groups is 1. The Balaban J connectivity index is 3.41. The van der Waals surface area contributed by atoms with Crippen molar-refractivity contribution in [2.45, 2.75) is 40.5 Å². The van der Waals surface area contributed by atoms with E-state index in [-0.39, 0.29) is 5.82 Å². The summed E-state index contributed by atoms with van der Waals surface area (Å²) in [5, 5.41) is 14.6. The van der Waals surface area contributed by atoms with Gasteiger partial charge in [-0.15, -0.1) is 0 Å². The van der Waals surface area contributed by atoms with E-state index in [9.17, 15) is 9.18 Å². The van der Waals surface area contributed by atoms with Crippen molar-refractivity contribution >= 4 is 24.1 Å². The van der Waals surface area contributed by atoms with Gasteiger partial charge in [-0.25, -0.2) is 14.2 Å². The molecule has 2 amide bonds. The highest BCUT2D eigenvalue weighted by atomic mass is 19.1. The number of amides is 2. The molecule has 0 saturated heterocycles. The first kappa shape index (κ1) is 26.4. The van der Waals surface area contributed by atoms with Crippen LogP contribution in [0.1, 0.15) is 40.5 Å². The van der Waals surface area contributed by atoms with Gasteiger partial charge in [0.05, 0.1) is 18.1 Å². The Morgan fingerprint density at radius 3 is 2.38 bits per heavy atom. The number of rotatable bonds is 11. The van der Waals surface area contributed by atoms with E-state index < -0.39 is 6.03 Å². The van der Waals surface area contributed by atoms with Crippen molar-refractivity contribution in [1.29, 1.82) is 0 Å². The van der Waals surface area contributed by atoms with E-state index in [0.29, 0.717) is 11.5 Å². The number of nitrogens with two attached hydrogens (primary N) is 1. The Labute approximate surface area is 190 Å². The normalized spacial score (nSPS) is 12.2. The number of nitrogens with zero attached hydrogens (tertiary/aromatic N) is 4. The second-order valence-corrected chi connectivity index (χ2v) is 7.25. The summed E-state index contributed by atoms with van der Waals surface area (Å²) < 4.78 is 13.5. The van der Waals surface area contributed by atoms with Crippen LogP contribution < -0.4 is 16.1 Å². The zero-order chi connectivity index (χ0) is 24.1. The van der Waals surface area contributed by atoms with E-state index in [1.165, 1.54) is 17.1 Å². The number of nitrogens with one attached hydrogen (secondary N) is 1. The third-order valence-electron chi connectivity index (χ3n) is 4.09. The number of carbonyl (C=O) groups excluding carboxylic acids is 1. The largest absolute Gasteiger partial charge is 0.351 e. The van der Waals surface area contributed by atoms with Gasteiger partial charge in [-0.1, -0.05) is 26.0 Å². The van der Waals surface area contributed by atoms with Crippen LogP contribution in [0.3, 0.4) is 0 Å². The highest BCUT2D eigenvalue weighted by molar-refractivity contribution is 5.88. The predicted molar refractivity (Wildman–Crippen MR) is 132 cm³/mol. The highest BCUT2D eigenvalue weighted by Gasteiger charge is 2.14. The molecular weight excluding hydrogens is 407 g/mol. The van der Waals surface area contributed by atoms with Crippen LogP contribution >= 0.6 is 0 Å². The molecule has 1 aromatic carbocycles. The maximum Gasteiger partial charge on any atom is 0.317 e. The second-order valence-electron chi connectivity index (χ2n) is 7.25. The van der Waals surface area contributed by atoms with E-state index in [0.717, 1.165) is 29.6 Å². The monoisotopic (exact) mass is 440 g/mol. The quantitative estimate of drug-likeness (QED) is 0.279. The fourth-order valence-electron chi connectivity index (χ4n) is 2.46. The van der Waals surface area contributed by atoms with Crippen LogP contribution in [-0.4, -0.2) is 30.5 Å². The third-order valence-corrected chi connectivity index (χ3v) is 4.09. The predicted octanol–water partition coefficient (Wildman–Crippen LogP) is 5.27. The summed E-state index contributed by atoms with van der Waals surface area (Å²) in [7, 11) is 1.79. The van der Waals surface area contributed by atoms with E-state index in [1.54, 1.807) is 42.8 Å². The maximum absolute atomic E-state index is 13.5. The van der Waals surface area contributed by atoms with Crippen molar-refractivity contribution in [3.63, 3.8) is 0 Å². The first-order valence-corrected chi connectivity index (χ1v) is 10.3. The van der Waals surface area contributed by atoms with E-state index in [4.69, 9.17) is 5.73 Å². The molecule has 0 saturated carbocycles. The number of anilines is 1. The van der Waals surface area contributed by atoms with Gasteiger partial charge in [-0.05, 0) is 74.3 Å². The number of hydrogen-bond donors (Lipinski definition) is 2. The average Bonchev–Trinajstić information content (AvgIpc) is 2.75. The molecule has 0 spiro atoms. The molecule has 3 N–H and O–H groups in total. The van der Waals surface area contributed by atoms with Gasteiger partial charge in [0.25, 0.3) is 0 Å². The van der Waals surface area contributed by atoms with Crippen molar-refractivity contribution in [2.75, 3.05) is 12.1 Å². The molecule has 0 aliphatic rings. The minimum Gasteiger partial charge on any atom is -0.351 e. The van der Waals surface area contributed by atoms with Crippen molar-refractivity contribution < 1.29 is 9.18 Å². The van der Waals surface area contributed by atoms with Gasteiger partial charge >= 0.3 is 6.03 Å². The first-order chi connectivity index (χ1) is 15.2. The molecule has 0 radical (unpaired) electrons. The molecule has 0 atom stereocenters. The molecule has 0 aromatic heterocycles. The van der Waals surface area contributed by atoms with Crippen molar-refractivity contribution in [1.82, 2.24) is 10.3 Å². The summed E-state index contributed by atoms with van der Waals surface area (Å²) in [6.07, 6.45) is 10.9. The van der Waals surface area contributed by atoms with E-state index in [2.05, 4.69) is 35.1 Å². The molecule has 0 aliphatic heterocycles. The van der Waals surface area contributed by atoms with E-state index in [1.807, 2.05) is 26.8 Å². The highest BCUT2D eigenvalue weighted by Crippen LogP contribution is 2.21. The molecular formula is C24H33FN6O.